The highest BCUT2D eigenvalue weighted by Gasteiger charge is 2.62. The molecule has 3 aliphatic heterocycles. The van der Waals surface area contributed by atoms with Gasteiger partial charge in [-0.15, -0.1) is 0 Å². The maximum absolute atomic E-state index is 13.9. The Hall–Kier alpha value is -3.70. The van der Waals surface area contributed by atoms with Gasteiger partial charge in [0.05, 0.1) is 22.4 Å². The van der Waals surface area contributed by atoms with E-state index in [1.165, 1.54) is 30.0 Å². The van der Waals surface area contributed by atoms with Crippen molar-refractivity contribution >= 4 is 49.7 Å². The van der Waals surface area contributed by atoms with E-state index >= 15 is 0 Å². The third-order valence-corrected chi connectivity index (χ3v) is 13.3. The van der Waals surface area contributed by atoms with Crippen molar-refractivity contribution in [3.8, 4) is 0 Å². The van der Waals surface area contributed by atoms with Crippen LogP contribution in [-0.2, 0) is 40.8 Å². The highest BCUT2D eigenvalue weighted by molar-refractivity contribution is 7.91. The molecule has 5 aliphatic rings. The number of ether oxygens (including phenoxy) is 1. The summed E-state index contributed by atoms with van der Waals surface area (Å²) in [6.07, 6.45) is 6.95. The Morgan fingerprint density at radius 2 is 1.85 bits per heavy atom. The minimum Gasteiger partial charge on any atom is -0.444 e. The molecule has 262 valence electrons. The van der Waals surface area contributed by atoms with Gasteiger partial charge in [-0.25, -0.2) is 30.7 Å². The Morgan fingerprint density at radius 3 is 2.58 bits per heavy atom. The number of carbonyl (C=O) groups is 4. The summed E-state index contributed by atoms with van der Waals surface area (Å²) in [7, 11) is -4.64. The molecular formula is C31H42N6O9S2. The zero-order valence-corrected chi connectivity index (χ0v) is 28.6. The minimum atomic E-state index is -3.87. The highest BCUT2D eigenvalue weighted by atomic mass is 32.2. The first-order chi connectivity index (χ1) is 22.7. The van der Waals surface area contributed by atoms with Crippen molar-refractivity contribution in [3.63, 3.8) is 0 Å². The van der Waals surface area contributed by atoms with Gasteiger partial charge in [-0.3, -0.25) is 19.2 Å². The zero-order valence-electron chi connectivity index (χ0n) is 27.0. The molecule has 6 rings (SSSR count). The van der Waals surface area contributed by atoms with Gasteiger partial charge in [-0.05, 0) is 68.7 Å². The largest absolute Gasteiger partial charge is 0.444 e. The third kappa shape index (κ3) is 6.76. The van der Waals surface area contributed by atoms with Gasteiger partial charge in [-0.2, -0.15) is 0 Å². The number of rotatable bonds is 6. The van der Waals surface area contributed by atoms with Gasteiger partial charge >= 0.3 is 12.1 Å². The van der Waals surface area contributed by atoms with Gasteiger partial charge in [0.1, 0.15) is 17.7 Å². The minimum absolute atomic E-state index is 0.0374. The van der Waals surface area contributed by atoms with Gasteiger partial charge in [0.25, 0.3) is 5.91 Å². The van der Waals surface area contributed by atoms with E-state index in [2.05, 4.69) is 15.4 Å². The topological polar surface area (TPSA) is 192 Å². The van der Waals surface area contributed by atoms with Crippen LogP contribution in [0.1, 0.15) is 56.9 Å². The number of amides is 5. The lowest BCUT2D eigenvalue weighted by Crippen LogP contribution is -2.57. The molecule has 17 heteroatoms. The van der Waals surface area contributed by atoms with Crippen LogP contribution in [0.25, 0.3) is 0 Å². The highest BCUT2D eigenvalue weighted by Crippen LogP contribution is 2.46. The molecule has 2 aliphatic carbocycles. The summed E-state index contributed by atoms with van der Waals surface area (Å²) in [4.78, 5) is 56.8. The zero-order chi connectivity index (χ0) is 34.4. The summed E-state index contributed by atoms with van der Waals surface area (Å²) >= 11 is 0. The molecule has 1 aromatic carbocycles. The van der Waals surface area contributed by atoms with E-state index < -0.39 is 72.8 Å². The summed E-state index contributed by atoms with van der Waals surface area (Å²) in [6, 6.07) is 2.94. The van der Waals surface area contributed by atoms with Gasteiger partial charge < -0.3 is 20.3 Å². The maximum Gasteiger partial charge on any atom is 0.414 e. The normalized spacial score (nSPS) is 28.6. The fourth-order valence-electron chi connectivity index (χ4n) is 6.59. The van der Waals surface area contributed by atoms with Crippen LogP contribution in [0.3, 0.4) is 0 Å². The van der Waals surface area contributed by atoms with E-state index in [4.69, 9.17) is 4.74 Å². The number of allylic oxidation sites excluding steroid dienone is 1. The molecule has 2 saturated carbocycles. The molecule has 3 N–H and O–H groups in total. The van der Waals surface area contributed by atoms with Crippen LogP contribution in [0.4, 0.5) is 15.3 Å². The first-order valence-electron chi connectivity index (χ1n) is 16.4. The molecule has 1 aromatic rings. The van der Waals surface area contributed by atoms with Crippen molar-refractivity contribution < 1.29 is 40.8 Å². The molecule has 0 spiro atoms. The number of sulfonamides is 2. The van der Waals surface area contributed by atoms with Crippen molar-refractivity contribution in [2.24, 2.45) is 5.92 Å². The second-order valence-electron chi connectivity index (χ2n) is 13.3. The Morgan fingerprint density at radius 1 is 1.08 bits per heavy atom. The van der Waals surface area contributed by atoms with Crippen LogP contribution in [0, 0.1) is 5.92 Å². The molecule has 1 saturated heterocycles. The number of nitrogens with zero attached hydrogens (tertiary/aromatic N) is 3. The smallest absolute Gasteiger partial charge is 0.414 e. The molecular weight excluding hydrogens is 665 g/mol. The van der Waals surface area contributed by atoms with Gasteiger partial charge in [0.15, 0.2) is 0 Å². The van der Waals surface area contributed by atoms with Crippen LogP contribution in [0.2, 0.25) is 0 Å². The molecule has 0 bridgehead atoms. The van der Waals surface area contributed by atoms with E-state index in [1.54, 1.807) is 12.1 Å². The molecule has 5 amide bonds. The first-order valence-corrected chi connectivity index (χ1v) is 19.3. The SMILES string of the molecule is CN(C)S(=O)(=O)c1ccc2c(c1)CCN2C(=O)O[C@@H]1C[C@H]2C(=O)N[C@]3(C(=O)NS(=O)(=O)C4CC4)C[C@H]3/C=C\CCCCCNC(=O)N2C1. The van der Waals surface area contributed by atoms with Crippen LogP contribution in [-0.4, -0.2) is 107 Å². The van der Waals surface area contributed by atoms with E-state index in [0.717, 1.165) is 30.0 Å². The number of fused-ring (bicyclic) bond motifs is 3. The van der Waals surface area contributed by atoms with Gasteiger partial charge in [-0.1, -0.05) is 18.6 Å². The summed E-state index contributed by atoms with van der Waals surface area (Å²) in [5.41, 5.74) is -0.291. The predicted molar refractivity (Wildman–Crippen MR) is 174 cm³/mol. The molecule has 0 unspecified atom stereocenters. The standard InChI is InChI=1S/C31H42N6O9S2/c1-35(2)48(44,45)24-11-12-25-20(16-24)13-15-36(25)30(41)46-22-17-26-27(38)33-31(28(39)34-47(42,43)23-9-10-23)18-21(31)8-6-4-3-5-7-14-32-29(40)37(26)19-22/h6,8,11-12,16,21-23,26H,3-5,7,9-10,13-15,17-19H2,1-2H3,(H,32,40)(H,33,38)(H,34,39)/b8-6-/t21-,22-,26+,31-/m1/s1. The number of benzene rings is 1. The Bertz CT molecular complexity index is 1740. The fraction of sp³-hybridized carbons (Fsp3) is 0.613. The fourth-order valence-corrected chi connectivity index (χ4v) is 8.91. The number of nitrogens with one attached hydrogen (secondary N) is 3. The Labute approximate surface area is 280 Å². The number of urea groups is 1. The average Bonchev–Trinajstić information content (AvgIpc) is 3.92. The summed E-state index contributed by atoms with van der Waals surface area (Å²) in [6.45, 7) is 0.577. The average molecular weight is 707 g/mol. The van der Waals surface area contributed by atoms with Crippen molar-refractivity contribution in [2.75, 3.05) is 38.6 Å². The molecule has 15 nitrogen and oxygen atoms in total. The molecule has 0 radical (unpaired) electrons. The predicted octanol–water partition coefficient (Wildman–Crippen LogP) is 1.20. The lowest BCUT2D eigenvalue weighted by atomic mass is 10.1. The summed E-state index contributed by atoms with van der Waals surface area (Å²) in [5, 5.41) is 5.01. The van der Waals surface area contributed by atoms with Crippen molar-refractivity contribution in [1.82, 2.24) is 24.6 Å². The second-order valence-corrected chi connectivity index (χ2v) is 17.5. The quantitative estimate of drug-likeness (QED) is 0.365. The van der Waals surface area contributed by atoms with E-state index in [1.807, 2.05) is 12.2 Å². The molecule has 48 heavy (non-hydrogen) atoms. The van der Waals surface area contributed by atoms with Crippen LogP contribution < -0.4 is 20.3 Å². The Kier molecular flexibility index (Phi) is 9.23. The molecule has 3 fully saturated rings. The number of hydrogen-bond donors (Lipinski definition) is 3. The van der Waals surface area contributed by atoms with Gasteiger partial charge in [0.2, 0.25) is 26.0 Å². The van der Waals surface area contributed by atoms with E-state index in [-0.39, 0.29) is 30.8 Å². The Balaban J connectivity index is 1.19. The number of hydrogen-bond acceptors (Lipinski definition) is 9. The van der Waals surface area contributed by atoms with Crippen molar-refractivity contribution in [2.45, 2.75) is 85.6 Å². The lowest BCUT2D eigenvalue weighted by Gasteiger charge is -2.26. The third-order valence-electron chi connectivity index (χ3n) is 9.70. The van der Waals surface area contributed by atoms with Crippen LogP contribution in [0.15, 0.2) is 35.2 Å². The first kappa shape index (κ1) is 34.2. The summed E-state index contributed by atoms with van der Waals surface area (Å²) < 4.78 is 59.6. The van der Waals surface area contributed by atoms with E-state index in [9.17, 15) is 36.0 Å². The molecule has 0 aromatic heterocycles. The van der Waals surface area contributed by atoms with E-state index in [0.29, 0.717) is 37.1 Å². The van der Waals surface area contributed by atoms with Crippen LogP contribution in [0.5, 0.6) is 0 Å². The van der Waals surface area contributed by atoms with Gasteiger partial charge in [0, 0.05) is 39.5 Å². The number of anilines is 1. The summed E-state index contributed by atoms with van der Waals surface area (Å²) in [5.74, 6) is -1.86. The maximum atomic E-state index is 13.9. The number of carbonyl (C=O) groups excluding carboxylic acids is 4. The van der Waals surface area contributed by atoms with Crippen molar-refractivity contribution in [1.29, 1.82) is 0 Å². The monoisotopic (exact) mass is 706 g/mol. The van der Waals surface area contributed by atoms with Crippen molar-refractivity contribution in [3.05, 3.63) is 35.9 Å². The second kappa shape index (κ2) is 13.0. The van der Waals surface area contributed by atoms with Crippen LogP contribution >= 0.6 is 0 Å². The molecule has 4 atom stereocenters. The molecule has 3 heterocycles. The lowest BCUT2D eigenvalue weighted by molar-refractivity contribution is -0.131.